The molecule has 0 aromatic heterocycles. The van der Waals surface area contributed by atoms with Crippen molar-refractivity contribution in [3.63, 3.8) is 0 Å². The van der Waals surface area contributed by atoms with Crippen molar-refractivity contribution in [3.8, 4) is 5.75 Å². The number of nitrogens with one attached hydrogen (secondary N) is 1. The topological polar surface area (TPSA) is 61.9 Å². The summed E-state index contributed by atoms with van der Waals surface area (Å²) >= 11 is 3.47. The van der Waals surface area contributed by atoms with Crippen LogP contribution in [0.25, 0.3) is 0 Å². The van der Waals surface area contributed by atoms with Crippen molar-refractivity contribution in [2.75, 3.05) is 38.1 Å². The lowest BCUT2D eigenvalue weighted by Gasteiger charge is -2.40. The van der Waals surface area contributed by atoms with Gasteiger partial charge < -0.3 is 15.0 Å². The van der Waals surface area contributed by atoms with E-state index in [1.165, 1.54) is 11.1 Å². The normalized spacial score (nSPS) is 13.7. The van der Waals surface area contributed by atoms with Crippen LogP contribution in [0, 0.1) is 6.92 Å². The number of carbonyl (C=O) groups is 2. The van der Waals surface area contributed by atoms with Crippen molar-refractivity contribution in [1.29, 1.82) is 0 Å². The van der Waals surface area contributed by atoms with E-state index in [4.69, 9.17) is 4.74 Å². The number of nitrogens with zero attached hydrogens (tertiary/aromatic N) is 2. The van der Waals surface area contributed by atoms with Crippen molar-refractivity contribution in [2.45, 2.75) is 13.0 Å². The number of rotatable bonds is 8. The van der Waals surface area contributed by atoms with Crippen LogP contribution >= 0.6 is 15.9 Å². The lowest BCUT2D eigenvalue weighted by atomic mass is 9.96. The third kappa shape index (κ3) is 6.61. The number of hydrogen-bond acceptors (Lipinski definition) is 4. The summed E-state index contributed by atoms with van der Waals surface area (Å²) in [5.41, 5.74) is 4.52. The fraction of sp³-hybridized carbons (Fsp3) is 0.212. The van der Waals surface area contributed by atoms with Crippen LogP contribution in [0.15, 0.2) is 108 Å². The predicted octanol–water partition coefficient (Wildman–Crippen LogP) is 6.32. The quantitative estimate of drug-likeness (QED) is 0.258. The van der Waals surface area contributed by atoms with E-state index in [1.807, 2.05) is 54.3 Å². The Labute approximate surface area is 243 Å². The Kier molecular flexibility index (Phi) is 8.94. The lowest BCUT2D eigenvalue weighted by molar-refractivity contribution is -0.118. The molecule has 0 unspecified atom stereocenters. The van der Waals surface area contributed by atoms with Crippen LogP contribution in [0.4, 0.5) is 5.69 Å². The van der Waals surface area contributed by atoms with E-state index >= 15 is 0 Å². The number of anilines is 1. The van der Waals surface area contributed by atoms with Crippen molar-refractivity contribution in [3.05, 3.63) is 130 Å². The number of para-hydroxylation sites is 1. The van der Waals surface area contributed by atoms with Gasteiger partial charge in [-0.2, -0.15) is 0 Å². The molecule has 0 atom stereocenters. The molecule has 0 aliphatic carbocycles. The zero-order chi connectivity index (χ0) is 27.9. The molecule has 204 valence electrons. The van der Waals surface area contributed by atoms with Gasteiger partial charge in [0.25, 0.3) is 11.8 Å². The number of halogens is 1. The van der Waals surface area contributed by atoms with Crippen molar-refractivity contribution in [1.82, 2.24) is 9.80 Å². The summed E-state index contributed by atoms with van der Waals surface area (Å²) in [5, 5.41) is 2.86. The second kappa shape index (κ2) is 12.9. The van der Waals surface area contributed by atoms with E-state index in [0.717, 1.165) is 23.1 Å². The van der Waals surface area contributed by atoms with Gasteiger partial charge in [-0.25, -0.2) is 0 Å². The average Bonchev–Trinajstić information content (AvgIpc) is 2.98. The van der Waals surface area contributed by atoms with E-state index in [2.05, 4.69) is 74.7 Å². The average molecular weight is 599 g/mol. The summed E-state index contributed by atoms with van der Waals surface area (Å²) < 4.78 is 6.48. The molecule has 0 saturated carbocycles. The maximum Gasteiger partial charge on any atom is 0.262 e. The third-order valence-corrected chi connectivity index (χ3v) is 7.69. The summed E-state index contributed by atoms with van der Waals surface area (Å²) in [6.45, 7) is 4.51. The van der Waals surface area contributed by atoms with E-state index < -0.39 is 0 Å². The highest BCUT2D eigenvalue weighted by Crippen LogP contribution is 2.30. The highest BCUT2D eigenvalue weighted by atomic mass is 79.9. The Morgan fingerprint density at radius 1 is 0.825 bits per heavy atom. The van der Waals surface area contributed by atoms with Crippen LogP contribution < -0.4 is 10.1 Å². The zero-order valence-corrected chi connectivity index (χ0v) is 24.0. The Hall–Kier alpha value is -3.94. The predicted molar refractivity (Wildman–Crippen MR) is 162 cm³/mol. The van der Waals surface area contributed by atoms with Crippen molar-refractivity contribution < 1.29 is 14.3 Å². The molecule has 1 heterocycles. The summed E-state index contributed by atoms with van der Waals surface area (Å²) in [6, 6.07) is 34.0. The second-order valence-corrected chi connectivity index (χ2v) is 10.7. The summed E-state index contributed by atoms with van der Waals surface area (Å²) in [5.74, 6) is 0.173. The number of aryl methyl sites for hydroxylation is 1. The fourth-order valence-corrected chi connectivity index (χ4v) is 5.68. The number of carbonyl (C=O) groups excluding carboxylic acids is 2. The number of hydrogen-bond donors (Lipinski definition) is 1. The third-order valence-electron chi connectivity index (χ3n) is 7.07. The number of amides is 2. The summed E-state index contributed by atoms with van der Waals surface area (Å²) in [7, 11) is 0. The van der Waals surface area contributed by atoms with Gasteiger partial charge in [0.2, 0.25) is 0 Å². The van der Waals surface area contributed by atoms with Crippen LogP contribution in [0.2, 0.25) is 0 Å². The molecule has 5 rings (SSSR count). The van der Waals surface area contributed by atoms with Gasteiger partial charge in [-0.15, -0.1) is 0 Å². The first kappa shape index (κ1) is 27.6. The van der Waals surface area contributed by atoms with Gasteiger partial charge in [0, 0.05) is 26.2 Å². The molecule has 4 aromatic rings. The minimum atomic E-state index is -0.328. The highest BCUT2D eigenvalue weighted by molar-refractivity contribution is 9.10. The first-order valence-corrected chi connectivity index (χ1v) is 14.2. The summed E-state index contributed by atoms with van der Waals surface area (Å²) in [4.78, 5) is 30.6. The molecule has 1 fully saturated rings. The fourth-order valence-electron chi connectivity index (χ4n) is 5.07. The first-order chi connectivity index (χ1) is 19.5. The van der Waals surface area contributed by atoms with Gasteiger partial charge in [0.15, 0.2) is 6.61 Å². The molecule has 40 heavy (non-hydrogen) atoms. The lowest BCUT2D eigenvalue weighted by Crippen LogP contribution is -2.50. The van der Waals surface area contributed by atoms with E-state index in [9.17, 15) is 9.59 Å². The molecule has 1 aliphatic heterocycles. The van der Waals surface area contributed by atoms with Crippen molar-refractivity contribution in [2.24, 2.45) is 0 Å². The van der Waals surface area contributed by atoms with Gasteiger partial charge in [-0.05, 0) is 63.8 Å². The molecule has 2 amide bonds. The largest absolute Gasteiger partial charge is 0.483 e. The molecule has 7 heteroatoms. The monoisotopic (exact) mass is 597 g/mol. The van der Waals surface area contributed by atoms with Crippen LogP contribution in [0.3, 0.4) is 0 Å². The minimum absolute atomic E-state index is 0.0891. The van der Waals surface area contributed by atoms with Gasteiger partial charge >= 0.3 is 0 Å². The van der Waals surface area contributed by atoms with E-state index in [1.54, 1.807) is 12.1 Å². The molecule has 1 aliphatic rings. The second-order valence-electron chi connectivity index (χ2n) is 9.87. The molecular weight excluding hydrogens is 566 g/mol. The Bertz CT molecular complexity index is 1420. The smallest absolute Gasteiger partial charge is 0.262 e. The van der Waals surface area contributed by atoms with E-state index in [0.29, 0.717) is 30.1 Å². The zero-order valence-electron chi connectivity index (χ0n) is 22.4. The number of piperazine rings is 1. The standard InChI is InChI=1S/C33H32BrN3O3/c1-24-16-17-30(28(34)22-24)40-23-31(38)35-29-15-9-8-14-27(29)33(39)37-20-18-36(19-21-37)32(25-10-4-2-5-11-25)26-12-6-3-7-13-26/h2-17,22,32H,18-21,23H2,1H3,(H,35,38). The Morgan fingerprint density at radius 3 is 2.05 bits per heavy atom. The maximum atomic E-state index is 13.6. The van der Waals surface area contributed by atoms with E-state index in [-0.39, 0.29) is 24.5 Å². The molecule has 6 nitrogen and oxygen atoms in total. The highest BCUT2D eigenvalue weighted by Gasteiger charge is 2.29. The SMILES string of the molecule is Cc1ccc(OCC(=O)Nc2ccccc2C(=O)N2CCN(C(c3ccccc3)c3ccccc3)CC2)c(Br)c1. The van der Waals surface area contributed by atoms with Crippen LogP contribution in [0.5, 0.6) is 5.75 Å². The number of benzene rings is 4. The molecule has 0 radical (unpaired) electrons. The minimum Gasteiger partial charge on any atom is -0.483 e. The van der Waals surface area contributed by atoms with Crippen molar-refractivity contribution >= 4 is 33.4 Å². The van der Waals surface area contributed by atoms with Gasteiger partial charge in [-0.1, -0.05) is 78.9 Å². The molecule has 0 spiro atoms. The van der Waals surface area contributed by atoms with Crippen LogP contribution in [-0.4, -0.2) is 54.4 Å². The maximum absolute atomic E-state index is 13.6. The number of ether oxygens (including phenoxy) is 1. The van der Waals surface area contributed by atoms with Gasteiger partial charge in [-0.3, -0.25) is 14.5 Å². The van der Waals surface area contributed by atoms with Crippen LogP contribution in [0.1, 0.15) is 33.1 Å². The molecule has 1 saturated heterocycles. The Morgan fingerprint density at radius 2 is 1.43 bits per heavy atom. The Balaban J connectivity index is 1.23. The molecule has 4 aromatic carbocycles. The van der Waals surface area contributed by atoms with Gasteiger partial charge in [0.05, 0.1) is 21.8 Å². The molecule has 0 bridgehead atoms. The van der Waals surface area contributed by atoms with Gasteiger partial charge in [0.1, 0.15) is 5.75 Å². The molecular formula is C33H32BrN3O3. The summed E-state index contributed by atoms with van der Waals surface area (Å²) in [6.07, 6.45) is 0. The first-order valence-electron chi connectivity index (χ1n) is 13.4. The van der Waals surface area contributed by atoms with Crippen LogP contribution in [-0.2, 0) is 4.79 Å². The molecule has 1 N–H and O–H groups in total.